The Balaban J connectivity index is 0.00000158. The van der Waals surface area contributed by atoms with Gasteiger partial charge < -0.3 is 10.0 Å². The summed E-state index contributed by atoms with van der Waals surface area (Å²) in [5, 5.41) is 14.6. The van der Waals surface area contributed by atoms with E-state index in [0.717, 1.165) is 43.7 Å². The van der Waals surface area contributed by atoms with Crippen LogP contribution in [0.5, 0.6) is 5.75 Å². The van der Waals surface area contributed by atoms with Gasteiger partial charge in [-0.25, -0.2) is 9.07 Å². The van der Waals surface area contributed by atoms with Gasteiger partial charge in [0.1, 0.15) is 17.3 Å². The van der Waals surface area contributed by atoms with E-state index in [2.05, 4.69) is 16.6 Å². The van der Waals surface area contributed by atoms with Crippen molar-refractivity contribution in [1.82, 2.24) is 14.7 Å². The number of halogens is 1. The zero-order chi connectivity index (χ0) is 24.7. The van der Waals surface area contributed by atoms with Gasteiger partial charge in [-0.05, 0) is 67.8 Å². The van der Waals surface area contributed by atoms with Crippen LogP contribution in [0.1, 0.15) is 37.9 Å². The van der Waals surface area contributed by atoms with Crippen molar-refractivity contribution in [2.45, 2.75) is 46.2 Å². The molecule has 3 aromatic rings. The number of phenolic OH excluding ortho intramolecular Hbond substituents is 1. The molecular weight excluding hydrogens is 431 g/mol. The fourth-order valence-corrected chi connectivity index (χ4v) is 4.29. The van der Waals surface area contributed by atoms with E-state index in [1.54, 1.807) is 34.0 Å². The number of rotatable bonds is 6. The molecular formula is C27H33FN4O2. The van der Waals surface area contributed by atoms with Gasteiger partial charge in [-0.3, -0.25) is 9.69 Å². The predicted molar refractivity (Wildman–Crippen MR) is 134 cm³/mol. The van der Waals surface area contributed by atoms with Crippen molar-refractivity contribution in [2.24, 2.45) is 0 Å². The highest BCUT2D eigenvalue weighted by atomic mass is 19.1. The number of anilines is 1. The standard InChI is InChI=1S/C25H27FN4O2.C2H6/c1-3-25(32)29(22-6-4-5-20(26)16-22)21-10-13-28(14-11-21)17-19-7-8-24(31)23(15-19)30-18(2)9-12-27-30;1-2/h3-9,12,15-16,21,31H,1,10-11,13-14,17H2,2H3;1-2H3. The molecule has 0 unspecified atom stereocenters. The first-order chi connectivity index (χ1) is 16.5. The molecule has 1 aliphatic rings. The molecule has 6 nitrogen and oxygen atoms in total. The number of hydrogen-bond acceptors (Lipinski definition) is 4. The van der Waals surface area contributed by atoms with Crippen molar-refractivity contribution in [3.8, 4) is 11.4 Å². The maximum atomic E-state index is 13.8. The van der Waals surface area contributed by atoms with E-state index in [0.29, 0.717) is 11.4 Å². The van der Waals surface area contributed by atoms with Gasteiger partial charge in [-0.2, -0.15) is 5.10 Å². The summed E-state index contributed by atoms with van der Waals surface area (Å²) in [5.41, 5.74) is 3.25. The summed E-state index contributed by atoms with van der Waals surface area (Å²) in [6.07, 6.45) is 4.55. The molecule has 2 aromatic carbocycles. The summed E-state index contributed by atoms with van der Waals surface area (Å²) in [4.78, 5) is 16.5. The fraction of sp³-hybridized carbons (Fsp3) is 0.333. The number of piperidine rings is 1. The van der Waals surface area contributed by atoms with Gasteiger partial charge in [0.2, 0.25) is 0 Å². The molecule has 1 aromatic heterocycles. The highest BCUT2D eigenvalue weighted by molar-refractivity contribution is 6.01. The lowest BCUT2D eigenvalue weighted by molar-refractivity contribution is -0.114. The van der Waals surface area contributed by atoms with Crippen LogP contribution < -0.4 is 4.90 Å². The van der Waals surface area contributed by atoms with E-state index < -0.39 is 0 Å². The molecule has 7 heteroatoms. The predicted octanol–water partition coefficient (Wildman–Crippen LogP) is 5.24. The van der Waals surface area contributed by atoms with E-state index in [-0.39, 0.29) is 23.5 Å². The zero-order valence-corrected chi connectivity index (χ0v) is 20.1. The molecule has 0 atom stereocenters. The summed E-state index contributed by atoms with van der Waals surface area (Å²) < 4.78 is 15.5. The Hall–Kier alpha value is -3.45. The van der Waals surface area contributed by atoms with Crippen molar-refractivity contribution < 1.29 is 14.3 Å². The van der Waals surface area contributed by atoms with Crippen LogP contribution in [0.2, 0.25) is 0 Å². The fourth-order valence-electron chi connectivity index (χ4n) is 4.29. The number of benzene rings is 2. The minimum atomic E-state index is -0.364. The second kappa shape index (κ2) is 11.6. The first kappa shape index (κ1) is 25.2. The number of amides is 1. The summed E-state index contributed by atoms with van der Waals surface area (Å²) in [7, 11) is 0. The topological polar surface area (TPSA) is 61.6 Å². The zero-order valence-electron chi connectivity index (χ0n) is 20.1. The van der Waals surface area contributed by atoms with Gasteiger partial charge in [0.15, 0.2) is 0 Å². The number of nitrogens with zero attached hydrogens (tertiary/aromatic N) is 4. The number of carbonyl (C=O) groups is 1. The van der Waals surface area contributed by atoms with Crippen LogP contribution in [0.4, 0.5) is 10.1 Å². The summed E-state index contributed by atoms with van der Waals surface area (Å²) in [6.45, 7) is 11.9. The average Bonchev–Trinajstić information content (AvgIpc) is 3.28. The number of aromatic hydroxyl groups is 1. The molecule has 0 spiro atoms. The second-order valence-electron chi connectivity index (χ2n) is 8.11. The van der Waals surface area contributed by atoms with Gasteiger partial charge in [0, 0.05) is 43.3 Å². The van der Waals surface area contributed by atoms with Crippen molar-refractivity contribution >= 4 is 11.6 Å². The van der Waals surface area contributed by atoms with Crippen LogP contribution in [0.25, 0.3) is 5.69 Å². The smallest absolute Gasteiger partial charge is 0.250 e. The van der Waals surface area contributed by atoms with Crippen LogP contribution in [-0.4, -0.2) is 44.8 Å². The van der Waals surface area contributed by atoms with E-state index >= 15 is 0 Å². The Morgan fingerprint density at radius 1 is 1.21 bits per heavy atom. The molecule has 1 fully saturated rings. The minimum absolute atomic E-state index is 0.0133. The Morgan fingerprint density at radius 3 is 2.56 bits per heavy atom. The van der Waals surface area contributed by atoms with E-state index in [1.807, 2.05) is 39.0 Å². The minimum Gasteiger partial charge on any atom is -0.506 e. The second-order valence-corrected chi connectivity index (χ2v) is 8.11. The van der Waals surface area contributed by atoms with Crippen LogP contribution in [0, 0.1) is 12.7 Å². The number of aryl methyl sites for hydroxylation is 1. The Morgan fingerprint density at radius 2 is 1.94 bits per heavy atom. The Labute approximate surface area is 200 Å². The third-order valence-corrected chi connectivity index (χ3v) is 5.93. The lowest BCUT2D eigenvalue weighted by Gasteiger charge is -2.38. The van der Waals surface area contributed by atoms with E-state index in [9.17, 15) is 14.3 Å². The van der Waals surface area contributed by atoms with E-state index in [4.69, 9.17) is 0 Å². The van der Waals surface area contributed by atoms with Crippen molar-refractivity contribution in [3.63, 3.8) is 0 Å². The van der Waals surface area contributed by atoms with Gasteiger partial charge in [-0.1, -0.05) is 32.6 Å². The van der Waals surface area contributed by atoms with Gasteiger partial charge >= 0.3 is 0 Å². The Kier molecular flexibility index (Phi) is 8.60. The largest absolute Gasteiger partial charge is 0.506 e. The molecule has 2 heterocycles. The third kappa shape index (κ3) is 5.72. The molecule has 34 heavy (non-hydrogen) atoms. The maximum absolute atomic E-state index is 13.8. The molecule has 4 rings (SSSR count). The lowest BCUT2D eigenvalue weighted by atomic mass is 10.0. The van der Waals surface area contributed by atoms with Crippen molar-refractivity contribution in [3.05, 3.63) is 84.5 Å². The number of hydrogen-bond donors (Lipinski definition) is 1. The number of carbonyl (C=O) groups excluding carboxylic acids is 1. The van der Waals surface area contributed by atoms with Crippen LogP contribution in [0.3, 0.4) is 0 Å². The molecule has 0 aliphatic carbocycles. The number of phenols is 1. The van der Waals surface area contributed by atoms with E-state index in [1.165, 1.54) is 18.2 Å². The third-order valence-electron chi connectivity index (χ3n) is 5.93. The molecule has 1 saturated heterocycles. The van der Waals surface area contributed by atoms with Gasteiger partial charge in [0.05, 0.1) is 0 Å². The van der Waals surface area contributed by atoms with Crippen molar-refractivity contribution in [1.29, 1.82) is 0 Å². The van der Waals surface area contributed by atoms with Crippen LogP contribution in [-0.2, 0) is 11.3 Å². The van der Waals surface area contributed by atoms with Crippen LogP contribution >= 0.6 is 0 Å². The quantitative estimate of drug-likeness (QED) is 0.507. The van der Waals surface area contributed by atoms with Gasteiger partial charge in [-0.15, -0.1) is 0 Å². The monoisotopic (exact) mass is 464 g/mol. The number of aromatic nitrogens is 2. The molecule has 0 bridgehead atoms. The summed E-state index contributed by atoms with van der Waals surface area (Å²) in [6, 6.07) is 13.6. The maximum Gasteiger partial charge on any atom is 0.250 e. The lowest BCUT2D eigenvalue weighted by Crippen LogP contribution is -2.47. The van der Waals surface area contributed by atoms with Gasteiger partial charge in [0.25, 0.3) is 5.91 Å². The molecule has 1 amide bonds. The summed E-state index contributed by atoms with van der Waals surface area (Å²) >= 11 is 0. The number of likely N-dealkylation sites (tertiary alicyclic amines) is 1. The first-order valence-corrected chi connectivity index (χ1v) is 11.7. The van der Waals surface area contributed by atoms with Crippen LogP contribution in [0.15, 0.2) is 67.4 Å². The highest BCUT2D eigenvalue weighted by Gasteiger charge is 2.28. The Bertz CT molecular complexity index is 1120. The SMILES string of the molecule is C=CC(=O)N(c1cccc(F)c1)C1CCN(Cc2ccc(O)c(-n3nccc3C)c2)CC1.CC. The normalized spacial score (nSPS) is 14.2. The molecule has 0 radical (unpaired) electrons. The first-order valence-electron chi connectivity index (χ1n) is 11.7. The summed E-state index contributed by atoms with van der Waals surface area (Å²) in [5.74, 6) is -0.392. The highest BCUT2D eigenvalue weighted by Crippen LogP contribution is 2.27. The molecule has 1 N–H and O–H groups in total. The average molecular weight is 465 g/mol. The molecule has 1 aliphatic heterocycles. The molecule has 180 valence electrons. The molecule has 0 saturated carbocycles. The van der Waals surface area contributed by atoms with Crippen molar-refractivity contribution in [2.75, 3.05) is 18.0 Å².